The van der Waals surface area contributed by atoms with Gasteiger partial charge in [0, 0.05) is 22.8 Å². The molecular formula is C13H18BrFN2OS. The van der Waals surface area contributed by atoms with E-state index in [2.05, 4.69) is 25.6 Å². The Kier molecular flexibility index (Phi) is 6.29. The molecule has 1 atom stereocenters. The van der Waals surface area contributed by atoms with Crippen LogP contribution >= 0.6 is 15.9 Å². The monoisotopic (exact) mass is 348 g/mol. The first-order chi connectivity index (χ1) is 8.80. The zero-order chi connectivity index (χ0) is 14.5. The molecule has 0 saturated heterocycles. The highest BCUT2D eigenvalue weighted by atomic mass is 79.9. The Bertz CT molecular complexity index is 486. The Morgan fingerprint density at radius 2 is 2.21 bits per heavy atom. The molecule has 0 aromatic carbocycles. The van der Waals surface area contributed by atoms with E-state index in [0.717, 1.165) is 4.47 Å². The van der Waals surface area contributed by atoms with E-state index in [-0.39, 0.29) is 4.75 Å². The number of nitrogens with zero attached hydrogens (tertiary/aromatic N) is 1. The van der Waals surface area contributed by atoms with Crippen molar-refractivity contribution >= 4 is 33.0 Å². The van der Waals surface area contributed by atoms with E-state index >= 15 is 0 Å². The quantitative estimate of drug-likeness (QED) is 0.654. The maximum Gasteiger partial charge on any atom is 0.220 e. The van der Waals surface area contributed by atoms with Crippen LogP contribution in [0.25, 0.3) is 6.08 Å². The summed E-state index contributed by atoms with van der Waals surface area (Å²) >= 11 is 3.24. The summed E-state index contributed by atoms with van der Waals surface area (Å²) in [6, 6.07) is 1.67. The molecule has 19 heavy (non-hydrogen) atoms. The summed E-state index contributed by atoms with van der Waals surface area (Å²) < 4.78 is 28.4. The molecule has 0 radical (unpaired) electrons. The molecule has 0 aliphatic heterocycles. The van der Waals surface area contributed by atoms with Crippen LogP contribution in [0, 0.1) is 5.95 Å². The summed E-state index contributed by atoms with van der Waals surface area (Å²) in [5.41, 5.74) is 0.436. The molecule has 0 spiro atoms. The Labute approximate surface area is 124 Å². The fourth-order valence-corrected chi connectivity index (χ4v) is 2.30. The van der Waals surface area contributed by atoms with Crippen molar-refractivity contribution in [3.63, 3.8) is 0 Å². The van der Waals surface area contributed by atoms with Gasteiger partial charge in [-0.15, -0.1) is 0 Å². The average molecular weight is 349 g/mol. The molecule has 106 valence electrons. The Morgan fingerprint density at radius 1 is 1.53 bits per heavy atom. The minimum Gasteiger partial charge on any atom is -0.242 e. The van der Waals surface area contributed by atoms with Crippen LogP contribution in [-0.2, 0) is 11.0 Å². The third-order valence-corrected chi connectivity index (χ3v) is 4.24. The van der Waals surface area contributed by atoms with Crippen LogP contribution in [0.4, 0.5) is 4.39 Å². The van der Waals surface area contributed by atoms with E-state index in [1.165, 1.54) is 6.20 Å². The smallest absolute Gasteiger partial charge is 0.220 e. The minimum atomic E-state index is -1.07. The highest BCUT2D eigenvalue weighted by Gasteiger charge is 2.18. The molecule has 0 aliphatic rings. The van der Waals surface area contributed by atoms with E-state index in [1.807, 2.05) is 26.8 Å². The standard InChI is InChI=1S/C13H18BrFN2OS/c1-13(2,3)19(18)17-7-5-4-6-10-8-11(14)9-16-12(10)15/h4,6,8-9,17H,5,7H2,1-3H3. The number of pyridine rings is 1. The molecule has 0 fully saturated rings. The number of nitrogens with one attached hydrogen (secondary N) is 1. The van der Waals surface area contributed by atoms with Gasteiger partial charge in [0.1, 0.15) is 0 Å². The fourth-order valence-electron chi connectivity index (χ4n) is 1.22. The van der Waals surface area contributed by atoms with E-state index < -0.39 is 16.9 Å². The van der Waals surface area contributed by atoms with Crippen LogP contribution in [0.1, 0.15) is 32.8 Å². The minimum absolute atomic E-state index is 0.274. The van der Waals surface area contributed by atoms with Crippen molar-refractivity contribution in [1.29, 1.82) is 0 Å². The van der Waals surface area contributed by atoms with Crippen molar-refractivity contribution in [2.45, 2.75) is 31.9 Å². The maximum absolute atomic E-state index is 13.3. The van der Waals surface area contributed by atoms with Gasteiger partial charge in [0.25, 0.3) is 0 Å². The summed E-state index contributed by atoms with van der Waals surface area (Å²) in [5, 5.41) is 0. The molecule has 1 unspecified atom stereocenters. The molecule has 0 amide bonds. The van der Waals surface area contributed by atoms with Crippen molar-refractivity contribution < 1.29 is 8.60 Å². The fraction of sp³-hybridized carbons (Fsp3) is 0.462. The molecular weight excluding hydrogens is 331 g/mol. The van der Waals surface area contributed by atoms with Gasteiger partial charge in [-0.1, -0.05) is 12.2 Å². The predicted molar refractivity (Wildman–Crippen MR) is 81.4 cm³/mol. The van der Waals surface area contributed by atoms with Crippen molar-refractivity contribution in [3.8, 4) is 0 Å². The second-order valence-corrected chi connectivity index (χ2v) is 7.97. The third kappa shape index (κ3) is 5.93. The summed E-state index contributed by atoms with van der Waals surface area (Å²) in [7, 11) is -1.07. The normalized spacial score (nSPS) is 13.9. The lowest BCUT2D eigenvalue weighted by Gasteiger charge is -2.17. The molecule has 1 rings (SSSR count). The second kappa shape index (κ2) is 7.26. The molecule has 0 saturated carbocycles. The Balaban J connectivity index is 2.43. The van der Waals surface area contributed by atoms with Crippen LogP contribution in [0.15, 0.2) is 22.8 Å². The third-order valence-electron chi connectivity index (χ3n) is 2.23. The first-order valence-corrected chi connectivity index (χ1v) is 7.88. The summed E-state index contributed by atoms with van der Waals surface area (Å²) in [5.74, 6) is -0.495. The van der Waals surface area contributed by atoms with Crippen molar-refractivity contribution in [3.05, 3.63) is 34.3 Å². The van der Waals surface area contributed by atoms with Gasteiger partial charge in [0.05, 0.1) is 15.7 Å². The summed E-state index contributed by atoms with van der Waals surface area (Å²) in [6.07, 6.45) is 5.60. The highest BCUT2D eigenvalue weighted by Crippen LogP contribution is 2.14. The van der Waals surface area contributed by atoms with Gasteiger partial charge in [0.2, 0.25) is 5.95 Å². The van der Waals surface area contributed by atoms with Crippen molar-refractivity contribution in [2.75, 3.05) is 6.54 Å². The van der Waals surface area contributed by atoms with Gasteiger partial charge in [-0.05, 0) is 49.2 Å². The lowest BCUT2D eigenvalue weighted by molar-refractivity contribution is 0.580. The van der Waals surface area contributed by atoms with Gasteiger partial charge < -0.3 is 0 Å². The van der Waals surface area contributed by atoms with E-state index in [4.69, 9.17) is 0 Å². The molecule has 1 aromatic rings. The van der Waals surface area contributed by atoms with Crippen LogP contribution in [0.2, 0.25) is 0 Å². The Hall–Kier alpha value is -0.590. The first kappa shape index (κ1) is 16.5. The molecule has 3 nitrogen and oxygen atoms in total. The maximum atomic E-state index is 13.3. The van der Waals surface area contributed by atoms with Gasteiger partial charge in [-0.25, -0.2) is 13.9 Å². The summed E-state index contributed by atoms with van der Waals surface area (Å²) in [6.45, 7) is 6.32. The van der Waals surface area contributed by atoms with E-state index in [0.29, 0.717) is 18.5 Å². The van der Waals surface area contributed by atoms with Gasteiger partial charge in [0.15, 0.2) is 0 Å². The average Bonchev–Trinajstić information content (AvgIpc) is 2.31. The van der Waals surface area contributed by atoms with E-state index in [9.17, 15) is 8.60 Å². The van der Waals surface area contributed by atoms with Crippen LogP contribution in [-0.4, -0.2) is 20.5 Å². The largest absolute Gasteiger partial charge is 0.242 e. The predicted octanol–water partition coefficient (Wildman–Crippen LogP) is 3.44. The van der Waals surface area contributed by atoms with Crippen LogP contribution < -0.4 is 4.72 Å². The van der Waals surface area contributed by atoms with Crippen LogP contribution in [0.3, 0.4) is 0 Å². The van der Waals surface area contributed by atoms with Crippen molar-refractivity contribution in [2.24, 2.45) is 0 Å². The molecule has 0 aliphatic carbocycles. The lowest BCUT2D eigenvalue weighted by Crippen LogP contribution is -2.33. The first-order valence-electron chi connectivity index (χ1n) is 5.93. The number of hydrogen-bond acceptors (Lipinski definition) is 2. The molecule has 1 N–H and O–H groups in total. The zero-order valence-corrected chi connectivity index (χ0v) is 13.6. The number of rotatable bonds is 5. The zero-order valence-electron chi connectivity index (χ0n) is 11.2. The number of halogens is 2. The SMILES string of the molecule is CC(C)(C)S(=O)NCCC=Cc1cc(Br)cnc1F. The lowest BCUT2D eigenvalue weighted by atomic mass is 10.2. The molecule has 0 bridgehead atoms. The van der Waals surface area contributed by atoms with Gasteiger partial charge >= 0.3 is 0 Å². The second-order valence-electron chi connectivity index (χ2n) is 5.00. The Morgan fingerprint density at radius 3 is 2.84 bits per heavy atom. The molecule has 1 heterocycles. The van der Waals surface area contributed by atoms with Gasteiger partial charge in [-0.2, -0.15) is 4.39 Å². The molecule has 1 aromatic heterocycles. The number of hydrogen-bond donors (Lipinski definition) is 1. The topological polar surface area (TPSA) is 42.0 Å². The van der Waals surface area contributed by atoms with Gasteiger partial charge in [-0.3, -0.25) is 0 Å². The highest BCUT2D eigenvalue weighted by molar-refractivity contribution is 9.10. The number of aromatic nitrogens is 1. The van der Waals surface area contributed by atoms with E-state index in [1.54, 1.807) is 12.1 Å². The summed E-state index contributed by atoms with van der Waals surface area (Å²) in [4.78, 5) is 3.61. The molecule has 6 heteroatoms. The van der Waals surface area contributed by atoms with Crippen molar-refractivity contribution in [1.82, 2.24) is 9.71 Å². The van der Waals surface area contributed by atoms with Crippen LogP contribution in [0.5, 0.6) is 0 Å².